The Bertz CT molecular complexity index is 485. The summed E-state index contributed by atoms with van der Waals surface area (Å²) in [4.78, 5) is 14.0. The van der Waals surface area contributed by atoms with Crippen molar-refractivity contribution in [1.82, 2.24) is 4.90 Å². The zero-order valence-electron chi connectivity index (χ0n) is 12.6. The molecule has 122 valence electrons. The monoisotopic (exact) mass is 328 g/mol. The third-order valence-electron chi connectivity index (χ3n) is 3.89. The number of ether oxygens (including phenoxy) is 1. The largest absolute Gasteiger partial charge is 0.378 e. The van der Waals surface area contributed by atoms with Crippen molar-refractivity contribution in [1.29, 1.82) is 0 Å². The van der Waals surface area contributed by atoms with Crippen LogP contribution >= 0.6 is 11.6 Å². The standard InChI is InChI=1S/C16H22ClFN2O2/c17-14-3-1-4-15(18)13(14)11-16(21)20-8-5-12(6-9-20)22-10-2-7-19/h1,3-4,12H,2,5-11,19H2. The van der Waals surface area contributed by atoms with Gasteiger partial charge in [0.05, 0.1) is 12.5 Å². The molecule has 22 heavy (non-hydrogen) atoms. The molecule has 0 spiro atoms. The van der Waals surface area contributed by atoms with Crippen LogP contribution in [0.25, 0.3) is 0 Å². The quantitative estimate of drug-likeness (QED) is 0.816. The predicted molar refractivity (Wildman–Crippen MR) is 84.3 cm³/mol. The maximum atomic E-state index is 13.7. The summed E-state index contributed by atoms with van der Waals surface area (Å²) in [6.45, 7) is 2.57. The second-order valence-electron chi connectivity index (χ2n) is 5.47. The molecule has 0 unspecified atom stereocenters. The van der Waals surface area contributed by atoms with Crippen LogP contribution < -0.4 is 5.73 Å². The van der Waals surface area contributed by atoms with E-state index in [0.29, 0.717) is 31.3 Å². The molecule has 0 atom stereocenters. The van der Waals surface area contributed by atoms with Crippen LogP contribution in [0, 0.1) is 5.82 Å². The molecule has 0 aliphatic carbocycles. The lowest BCUT2D eigenvalue weighted by atomic mass is 10.1. The van der Waals surface area contributed by atoms with Crippen LogP contribution in [0.4, 0.5) is 4.39 Å². The van der Waals surface area contributed by atoms with Crippen LogP contribution in [0.5, 0.6) is 0 Å². The van der Waals surface area contributed by atoms with Crippen molar-refractivity contribution in [3.8, 4) is 0 Å². The fourth-order valence-corrected chi connectivity index (χ4v) is 2.80. The van der Waals surface area contributed by atoms with Crippen LogP contribution in [0.2, 0.25) is 5.02 Å². The highest BCUT2D eigenvalue weighted by molar-refractivity contribution is 6.31. The molecule has 0 radical (unpaired) electrons. The number of halogens is 2. The number of nitrogens with two attached hydrogens (primary N) is 1. The first-order valence-corrected chi connectivity index (χ1v) is 8.02. The Balaban J connectivity index is 1.82. The smallest absolute Gasteiger partial charge is 0.227 e. The van der Waals surface area contributed by atoms with E-state index in [0.717, 1.165) is 19.3 Å². The summed E-state index contributed by atoms with van der Waals surface area (Å²) in [5.41, 5.74) is 5.70. The molecule has 0 bridgehead atoms. The second-order valence-corrected chi connectivity index (χ2v) is 5.88. The molecule has 1 saturated heterocycles. The van der Waals surface area contributed by atoms with Crippen molar-refractivity contribution in [3.63, 3.8) is 0 Å². The van der Waals surface area contributed by atoms with Crippen LogP contribution in [0.3, 0.4) is 0 Å². The molecule has 0 aromatic heterocycles. The zero-order chi connectivity index (χ0) is 15.9. The average Bonchev–Trinajstić information content (AvgIpc) is 2.52. The number of amides is 1. The Hall–Kier alpha value is -1.17. The number of hydrogen-bond donors (Lipinski definition) is 1. The van der Waals surface area contributed by atoms with Gasteiger partial charge in [-0.3, -0.25) is 4.79 Å². The summed E-state index contributed by atoms with van der Waals surface area (Å²) < 4.78 is 19.4. The fourth-order valence-electron chi connectivity index (χ4n) is 2.57. The van der Waals surface area contributed by atoms with E-state index < -0.39 is 5.82 Å². The minimum atomic E-state index is -0.430. The van der Waals surface area contributed by atoms with Crippen molar-refractivity contribution >= 4 is 17.5 Å². The van der Waals surface area contributed by atoms with Crippen molar-refractivity contribution in [2.24, 2.45) is 5.73 Å². The highest BCUT2D eigenvalue weighted by Crippen LogP contribution is 2.21. The maximum absolute atomic E-state index is 13.7. The van der Waals surface area contributed by atoms with E-state index in [4.69, 9.17) is 22.1 Å². The summed E-state index contributed by atoms with van der Waals surface area (Å²) in [6.07, 6.45) is 2.66. The van der Waals surface area contributed by atoms with Crippen LogP contribution in [0.1, 0.15) is 24.8 Å². The molecular formula is C16H22ClFN2O2. The molecular weight excluding hydrogens is 307 g/mol. The number of carbonyl (C=O) groups excluding carboxylic acids is 1. The van der Waals surface area contributed by atoms with Gasteiger partial charge >= 0.3 is 0 Å². The van der Waals surface area contributed by atoms with Gasteiger partial charge in [0, 0.05) is 30.3 Å². The molecule has 1 aromatic carbocycles. The van der Waals surface area contributed by atoms with Crippen LogP contribution in [-0.4, -0.2) is 43.2 Å². The third kappa shape index (κ3) is 4.66. The van der Waals surface area contributed by atoms with Gasteiger partial charge in [0.25, 0.3) is 0 Å². The first-order chi connectivity index (χ1) is 10.6. The summed E-state index contributed by atoms with van der Waals surface area (Å²) >= 11 is 5.97. The van der Waals surface area contributed by atoms with Gasteiger partial charge in [-0.05, 0) is 37.9 Å². The van der Waals surface area contributed by atoms with E-state index in [2.05, 4.69) is 0 Å². The Morgan fingerprint density at radius 3 is 2.77 bits per heavy atom. The van der Waals surface area contributed by atoms with Gasteiger partial charge in [-0.25, -0.2) is 4.39 Å². The van der Waals surface area contributed by atoms with E-state index in [1.807, 2.05) is 0 Å². The Morgan fingerprint density at radius 1 is 1.41 bits per heavy atom. The SMILES string of the molecule is NCCCOC1CCN(C(=O)Cc2c(F)cccc2Cl)CC1. The Labute approximate surface area is 135 Å². The molecule has 4 nitrogen and oxygen atoms in total. The summed E-state index contributed by atoms with van der Waals surface area (Å²) in [5.74, 6) is -0.520. The lowest BCUT2D eigenvalue weighted by Crippen LogP contribution is -2.41. The maximum Gasteiger partial charge on any atom is 0.227 e. The number of benzene rings is 1. The van der Waals surface area contributed by atoms with E-state index in [-0.39, 0.29) is 24.0 Å². The third-order valence-corrected chi connectivity index (χ3v) is 4.24. The molecule has 1 amide bonds. The topological polar surface area (TPSA) is 55.6 Å². The molecule has 1 fully saturated rings. The summed E-state index contributed by atoms with van der Waals surface area (Å²) in [6, 6.07) is 4.46. The average molecular weight is 329 g/mol. The molecule has 2 rings (SSSR count). The number of piperidine rings is 1. The van der Waals surface area contributed by atoms with Gasteiger partial charge in [0.2, 0.25) is 5.91 Å². The van der Waals surface area contributed by atoms with Gasteiger partial charge in [-0.2, -0.15) is 0 Å². The molecule has 1 aliphatic rings. The molecule has 6 heteroatoms. The van der Waals surface area contributed by atoms with Gasteiger partial charge in [-0.1, -0.05) is 17.7 Å². The highest BCUT2D eigenvalue weighted by atomic mass is 35.5. The molecule has 2 N–H and O–H groups in total. The van der Waals surface area contributed by atoms with E-state index >= 15 is 0 Å². The normalized spacial score (nSPS) is 16.0. The Kier molecular flexibility index (Phi) is 6.61. The molecule has 1 heterocycles. The number of nitrogens with zero attached hydrogens (tertiary/aromatic N) is 1. The minimum Gasteiger partial charge on any atom is -0.378 e. The fraction of sp³-hybridized carbons (Fsp3) is 0.562. The van der Waals surface area contributed by atoms with Gasteiger partial charge in [0.15, 0.2) is 0 Å². The molecule has 1 aromatic rings. The predicted octanol–water partition coefficient (Wildman–Crippen LogP) is 2.38. The lowest BCUT2D eigenvalue weighted by molar-refractivity contribution is -0.133. The first kappa shape index (κ1) is 17.2. The van der Waals surface area contributed by atoms with Crippen molar-refractivity contribution < 1.29 is 13.9 Å². The molecule has 1 aliphatic heterocycles. The van der Waals surface area contributed by atoms with Crippen molar-refractivity contribution in [2.45, 2.75) is 31.8 Å². The van der Waals surface area contributed by atoms with E-state index in [1.165, 1.54) is 12.1 Å². The lowest BCUT2D eigenvalue weighted by Gasteiger charge is -2.32. The summed E-state index contributed by atoms with van der Waals surface area (Å²) in [5, 5.41) is 0.299. The first-order valence-electron chi connectivity index (χ1n) is 7.64. The van der Waals surface area contributed by atoms with Gasteiger partial charge < -0.3 is 15.4 Å². The van der Waals surface area contributed by atoms with Crippen LogP contribution in [-0.2, 0) is 16.0 Å². The van der Waals surface area contributed by atoms with Gasteiger partial charge in [-0.15, -0.1) is 0 Å². The van der Waals surface area contributed by atoms with Crippen molar-refractivity contribution in [2.75, 3.05) is 26.2 Å². The number of likely N-dealkylation sites (tertiary alicyclic amines) is 1. The highest BCUT2D eigenvalue weighted by Gasteiger charge is 2.24. The minimum absolute atomic E-state index is 0.00417. The second kappa shape index (κ2) is 8.46. The molecule has 0 saturated carbocycles. The number of hydrogen-bond acceptors (Lipinski definition) is 3. The number of carbonyl (C=O) groups is 1. The van der Waals surface area contributed by atoms with E-state index in [1.54, 1.807) is 11.0 Å². The van der Waals surface area contributed by atoms with Crippen LogP contribution in [0.15, 0.2) is 18.2 Å². The zero-order valence-corrected chi connectivity index (χ0v) is 13.3. The van der Waals surface area contributed by atoms with Gasteiger partial charge in [0.1, 0.15) is 5.82 Å². The number of rotatable bonds is 6. The summed E-state index contributed by atoms with van der Waals surface area (Å²) in [7, 11) is 0. The van der Waals surface area contributed by atoms with E-state index in [9.17, 15) is 9.18 Å². The Morgan fingerprint density at radius 2 is 2.14 bits per heavy atom. The van der Waals surface area contributed by atoms with Crippen molar-refractivity contribution in [3.05, 3.63) is 34.6 Å².